The van der Waals surface area contributed by atoms with Crippen LogP contribution in [0.5, 0.6) is 5.75 Å². The number of ether oxygens (including phenoxy) is 1. The summed E-state index contributed by atoms with van der Waals surface area (Å²) in [5, 5.41) is 0. The van der Waals surface area contributed by atoms with Gasteiger partial charge < -0.3 is 15.4 Å². The van der Waals surface area contributed by atoms with E-state index in [1.807, 2.05) is 18.2 Å². The van der Waals surface area contributed by atoms with Gasteiger partial charge in [-0.3, -0.25) is 9.78 Å². The van der Waals surface area contributed by atoms with Crippen LogP contribution in [-0.4, -0.2) is 41.5 Å². The lowest BCUT2D eigenvalue weighted by Crippen LogP contribution is -2.43. The number of nitrogens with two attached hydrogens (primary N) is 1. The Balaban J connectivity index is 1.94. The molecule has 2 rings (SSSR count). The van der Waals surface area contributed by atoms with Gasteiger partial charge in [-0.05, 0) is 31.0 Å². The minimum atomic E-state index is -0.568. The van der Waals surface area contributed by atoms with Gasteiger partial charge in [0.15, 0.2) is 6.10 Å². The molecule has 122 valence electrons. The lowest BCUT2D eigenvalue weighted by atomic mass is 10.1. The fraction of sp³-hybridized carbons (Fsp3) is 0.333. The van der Waals surface area contributed by atoms with Gasteiger partial charge in [0.05, 0.1) is 6.20 Å². The number of rotatable bonds is 8. The number of carbonyl (C=O) groups is 1. The van der Waals surface area contributed by atoms with Gasteiger partial charge in [0.2, 0.25) is 0 Å². The SMILES string of the molecule is CC(Oc1cccnc1)C(=O)N(CCN)CCc1ccccc1. The van der Waals surface area contributed by atoms with Crippen molar-refractivity contribution >= 4 is 5.91 Å². The highest BCUT2D eigenvalue weighted by molar-refractivity contribution is 5.80. The summed E-state index contributed by atoms with van der Waals surface area (Å²) in [5.74, 6) is 0.527. The molecular weight excluding hydrogens is 290 g/mol. The van der Waals surface area contributed by atoms with Crippen LogP contribution < -0.4 is 10.5 Å². The van der Waals surface area contributed by atoms with Crippen molar-refractivity contribution in [1.29, 1.82) is 0 Å². The number of carbonyl (C=O) groups excluding carboxylic acids is 1. The fourth-order valence-electron chi connectivity index (χ4n) is 2.33. The van der Waals surface area contributed by atoms with E-state index < -0.39 is 6.10 Å². The van der Waals surface area contributed by atoms with Gasteiger partial charge >= 0.3 is 0 Å². The van der Waals surface area contributed by atoms with Crippen molar-refractivity contribution in [2.45, 2.75) is 19.4 Å². The van der Waals surface area contributed by atoms with E-state index in [0.29, 0.717) is 25.4 Å². The lowest BCUT2D eigenvalue weighted by Gasteiger charge is -2.25. The van der Waals surface area contributed by atoms with Crippen molar-refractivity contribution < 1.29 is 9.53 Å². The second kappa shape index (κ2) is 8.90. The van der Waals surface area contributed by atoms with E-state index in [-0.39, 0.29) is 5.91 Å². The Kier molecular flexibility index (Phi) is 6.56. The molecule has 0 bridgehead atoms. The molecule has 2 N–H and O–H groups in total. The van der Waals surface area contributed by atoms with E-state index in [0.717, 1.165) is 6.42 Å². The van der Waals surface area contributed by atoms with E-state index >= 15 is 0 Å². The minimum absolute atomic E-state index is 0.0600. The third-order valence-electron chi connectivity index (χ3n) is 3.52. The maximum atomic E-state index is 12.6. The maximum Gasteiger partial charge on any atom is 0.263 e. The van der Waals surface area contributed by atoms with Crippen molar-refractivity contribution in [2.24, 2.45) is 5.73 Å². The van der Waals surface area contributed by atoms with Gasteiger partial charge in [-0.2, -0.15) is 0 Å². The van der Waals surface area contributed by atoms with Crippen molar-refractivity contribution in [2.75, 3.05) is 19.6 Å². The van der Waals surface area contributed by atoms with Crippen LogP contribution in [0.4, 0.5) is 0 Å². The Morgan fingerprint density at radius 2 is 2.00 bits per heavy atom. The highest BCUT2D eigenvalue weighted by atomic mass is 16.5. The molecule has 0 saturated carbocycles. The predicted molar refractivity (Wildman–Crippen MR) is 90.1 cm³/mol. The van der Waals surface area contributed by atoms with Crippen LogP contribution in [-0.2, 0) is 11.2 Å². The van der Waals surface area contributed by atoms with E-state index in [9.17, 15) is 4.79 Å². The van der Waals surface area contributed by atoms with Gasteiger partial charge in [-0.25, -0.2) is 0 Å². The van der Waals surface area contributed by atoms with Crippen LogP contribution in [0.2, 0.25) is 0 Å². The average molecular weight is 313 g/mol. The quantitative estimate of drug-likeness (QED) is 0.808. The Bertz CT molecular complexity index is 590. The third-order valence-corrected chi connectivity index (χ3v) is 3.52. The Hall–Kier alpha value is -2.40. The number of aromatic nitrogens is 1. The summed E-state index contributed by atoms with van der Waals surface area (Å²) < 4.78 is 5.66. The second-order valence-corrected chi connectivity index (χ2v) is 5.30. The lowest BCUT2D eigenvalue weighted by molar-refractivity contribution is -0.137. The van der Waals surface area contributed by atoms with Crippen molar-refractivity contribution in [3.05, 3.63) is 60.4 Å². The molecule has 5 heteroatoms. The van der Waals surface area contributed by atoms with Crippen molar-refractivity contribution in [3.63, 3.8) is 0 Å². The van der Waals surface area contributed by atoms with Crippen LogP contribution in [0.25, 0.3) is 0 Å². The van der Waals surface area contributed by atoms with Crippen LogP contribution >= 0.6 is 0 Å². The van der Waals surface area contributed by atoms with Crippen LogP contribution in [0.3, 0.4) is 0 Å². The number of hydrogen-bond acceptors (Lipinski definition) is 4. The van der Waals surface area contributed by atoms with Gasteiger partial charge in [0.25, 0.3) is 5.91 Å². The fourth-order valence-corrected chi connectivity index (χ4v) is 2.33. The van der Waals surface area contributed by atoms with E-state index in [1.165, 1.54) is 5.56 Å². The van der Waals surface area contributed by atoms with Gasteiger partial charge in [0, 0.05) is 25.8 Å². The number of nitrogens with zero attached hydrogens (tertiary/aromatic N) is 2. The molecule has 1 heterocycles. The van der Waals surface area contributed by atoms with E-state index in [2.05, 4.69) is 17.1 Å². The molecule has 0 aliphatic rings. The molecule has 0 fully saturated rings. The molecule has 0 radical (unpaired) electrons. The molecule has 1 aromatic carbocycles. The first-order valence-electron chi connectivity index (χ1n) is 7.80. The molecule has 1 amide bonds. The summed E-state index contributed by atoms with van der Waals surface area (Å²) in [7, 11) is 0. The zero-order valence-electron chi connectivity index (χ0n) is 13.4. The zero-order chi connectivity index (χ0) is 16.5. The summed E-state index contributed by atoms with van der Waals surface area (Å²) in [4.78, 5) is 18.3. The zero-order valence-corrected chi connectivity index (χ0v) is 13.4. The van der Waals surface area contributed by atoms with Crippen LogP contribution in [0.15, 0.2) is 54.9 Å². The number of pyridine rings is 1. The summed E-state index contributed by atoms with van der Waals surface area (Å²) >= 11 is 0. The second-order valence-electron chi connectivity index (χ2n) is 5.30. The molecule has 23 heavy (non-hydrogen) atoms. The molecule has 0 saturated heterocycles. The first-order valence-corrected chi connectivity index (χ1v) is 7.80. The minimum Gasteiger partial charge on any atom is -0.479 e. The normalized spacial score (nSPS) is 11.7. The van der Waals surface area contributed by atoms with Crippen molar-refractivity contribution in [3.8, 4) is 5.75 Å². The number of benzene rings is 1. The summed E-state index contributed by atoms with van der Waals surface area (Å²) in [6.45, 7) is 3.33. The number of hydrogen-bond donors (Lipinski definition) is 1. The highest BCUT2D eigenvalue weighted by Gasteiger charge is 2.21. The molecule has 5 nitrogen and oxygen atoms in total. The Labute approximate surface area is 137 Å². The predicted octanol–water partition coefficient (Wildman–Crippen LogP) is 1.88. The van der Waals surface area contributed by atoms with Crippen LogP contribution in [0.1, 0.15) is 12.5 Å². The smallest absolute Gasteiger partial charge is 0.263 e. The van der Waals surface area contributed by atoms with Gasteiger partial charge in [-0.1, -0.05) is 30.3 Å². The van der Waals surface area contributed by atoms with Gasteiger partial charge in [-0.15, -0.1) is 0 Å². The Morgan fingerprint density at radius 3 is 2.65 bits per heavy atom. The molecule has 0 spiro atoms. The number of amides is 1. The third kappa shape index (κ3) is 5.38. The molecule has 1 aromatic heterocycles. The van der Waals surface area contributed by atoms with E-state index in [1.54, 1.807) is 36.4 Å². The van der Waals surface area contributed by atoms with E-state index in [4.69, 9.17) is 10.5 Å². The topological polar surface area (TPSA) is 68.5 Å². The summed E-state index contributed by atoms with van der Waals surface area (Å²) in [5.41, 5.74) is 6.84. The Morgan fingerprint density at radius 1 is 1.22 bits per heavy atom. The van der Waals surface area contributed by atoms with Crippen molar-refractivity contribution in [1.82, 2.24) is 9.88 Å². The molecule has 2 aromatic rings. The molecule has 0 aliphatic carbocycles. The largest absolute Gasteiger partial charge is 0.479 e. The molecule has 0 aliphatic heterocycles. The summed E-state index contributed by atoms with van der Waals surface area (Å²) in [6, 6.07) is 13.7. The molecular formula is C18H23N3O2. The molecule has 1 atom stereocenters. The van der Waals surface area contributed by atoms with Crippen LogP contribution in [0, 0.1) is 0 Å². The first-order chi connectivity index (χ1) is 11.2. The highest BCUT2D eigenvalue weighted by Crippen LogP contribution is 2.11. The molecule has 1 unspecified atom stereocenters. The average Bonchev–Trinajstić information content (AvgIpc) is 2.59. The first kappa shape index (κ1) is 17.0. The maximum absolute atomic E-state index is 12.6. The standard InChI is InChI=1S/C18H23N3O2/c1-15(23-17-8-5-11-20-14-17)18(22)21(13-10-19)12-9-16-6-3-2-4-7-16/h2-8,11,14-15H,9-10,12-13,19H2,1H3. The van der Waals surface area contributed by atoms with Gasteiger partial charge in [0.1, 0.15) is 5.75 Å². The monoisotopic (exact) mass is 313 g/mol. The summed E-state index contributed by atoms with van der Waals surface area (Å²) in [6.07, 6.45) is 3.49.